The Morgan fingerprint density at radius 1 is 1.30 bits per heavy atom. The van der Waals surface area contributed by atoms with Gasteiger partial charge in [0.05, 0.1) is 28.7 Å². The highest BCUT2D eigenvalue weighted by Crippen LogP contribution is 2.22. The van der Waals surface area contributed by atoms with Gasteiger partial charge in [-0.25, -0.2) is 4.98 Å². The molecular weight excluding hydrogens is 336 g/mol. The van der Waals surface area contributed by atoms with Gasteiger partial charge in [0.15, 0.2) is 5.82 Å². The minimum absolute atomic E-state index is 0.184. The largest absolute Gasteiger partial charge is 0.333 e. The van der Waals surface area contributed by atoms with E-state index in [2.05, 4.69) is 15.1 Å². The molecule has 0 bridgehead atoms. The first-order valence-electron chi connectivity index (χ1n) is 6.72. The summed E-state index contributed by atoms with van der Waals surface area (Å²) >= 11 is 7.46. The van der Waals surface area contributed by atoms with Crippen molar-refractivity contribution in [2.24, 2.45) is 0 Å². The van der Waals surface area contributed by atoms with E-state index in [1.165, 1.54) is 22.2 Å². The number of hydrogen-bond acceptors (Lipinski definition) is 6. The van der Waals surface area contributed by atoms with Crippen LogP contribution in [0.5, 0.6) is 0 Å². The van der Waals surface area contributed by atoms with Crippen LogP contribution in [0.15, 0.2) is 51.4 Å². The van der Waals surface area contributed by atoms with Gasteiger partial charge in [0, 0.05) is 5.02 Å². The molecular formula is C15H9ClN4O2S. The molecule has 0 aliphatic heterocycles. The van der Waals surface area contributed by atoms with Gasteiger partial charge in [-0.05, 0) is 29.6 Å². The zero-order chi connectivity index (χ0) is 15.8. The maximum Gasteiger partial charge on any atom is 0.268 e. The Bertz CT molecular complexity index is 1040. The number of nitrogens with zero attached hydrogens (tertiary/aromatic N) is 4. The third kappa shape index (κ3) is 2.64. The number of hydrogen-bond donors (Lipinski definition) is 0. The van der Waals surface area contributed by atoms with Gasteiger partial charge in [0.1, 0.15) is 0 Å². The van der Waals surface area contributed by atoms with Crippen LogP contribution >= 0.6 is 22.9 Å². The molecule has 0 atom stereocenters. The molecule has 4 aromatic rings. The van der Waals surface area contributed by atoms with Crippen LogP contribution in [0.4, 0.5) is 0 Å². The van der Waals surface area contributed by atoms with E-state index in [-0.39, 0.29) is 12.1 Å². The zero-order valence-electron chi connectivity index (χ0n) is 11.6. The molecule has 6 nitrogen and oxygen atoms in total. The number of fused-ring (bicyclic) bond motifs is 1. The second-order valence-electron chi connectivity index (χ2n) is 4.83. The Hall–Kier alpha value is -2.51. The molecule has 0 saturated heterocycles. The Balaban J connectivity index is 1.70. The van der Waals surface area contributed by atoms with Crippen LogP contribution in [0.2, 0.25) is 5.02 Å². The lowest BCUT2D eigenvalue weighted by molar-refractivity contribution is 0.421. The van der Waals surface area contributed by atoms with Crippen LogP contribution in [0.1, 0.15) is 5.82 Å². The molecule has 8 heteroatoms. The Labute approximate surface area is 139 Å². The van der Waals surface area contributed by atoms with E-state index in [1.54, 1.807) is 18.2 Å². The van der Waals surface area contributed by atoms with E-state index >= 15 is 0 Å². The first kappa shape index (κ1) is 14.1. The van der Waals surface area contributed by atoms with Crippen molar-refractivity contribution in [2.45, 2.75) is 6.54 Å². The summed E-state index contributed by atoms with van der Waals surface area (Å²) in [4.78, 5) is 22.0. The average molecular weight is 345 g/mol. The fourth-order valence-electron chi connectivity index (χ4n) is 2.21. The zero-order valence-corrected chi connectivity index (χ0v) is 13.2. The molecule has 0 aliphatic rings. The molecule has 3 heterocycles. The van der Waals surface area contributed by atoms with Gasteiger partial charge in [-0.3, -0.25) is 9.36 Å². The highest BCUT2D eigenvalue weighted by atomic mass is 35.5. The second kappa shape index (κ2) is 5.60. The standard InChI is InChI=1S/C15H9ClN4O2S/c16-9-3-4-11-10(6-9)15(21)20(8-17-11)7-13-18-14(22-19-13)12-2-1-5-23-12/h1-6,8H,7H2. The number of aromatic nitrogens is 4. The van der Waals surface area contributed by atoms with Gasteiger partial charge in [0.25, 0.3) is 11.4 Å². The lowest BCUT2D eigenvalue weighted by Crippen LogP contribution is -2.21. The summed E-state index contributed by atoms with van der Waals surface area (Å²) in [6.45, 7) is 0.184. The monoisotopic (exact) mass is 344 g/mol. The van der Waals surface area contributed by atoms with Crippen molar-refractivity contribution in [3.63, 3.8) is 0 Å². The van der Waals surface area contributed by atoms with Crippen LogP contribution in [0.3, 0.4) is 0 Å². The van der Waals surface area contributed by atoms with Gasteiger partial charge in [-0.1, -0.05) is 22.8 Å². The smallest absolute Gasteiger partial charge is 0.268 e. The molecule has 23 heavy (non-hydrogen) atoms. The van der Waals surface area contributed by atoms with Crippen LogP contribution in [0.25, 0.3) is 21.7 Å². The first-order valence-corrected chi connectivity index (χ1v) is 7.97. The van der Waals surface area contributed by atoms with E-state index in [1.807, 2.05) is 17.5 Å². The van der Waals surface area contributed by atoms with Gasteiger partial charge in [-0.15, -0.1) is 11.3 Å². The quantitative estimate of drug-likeness (QED) is 0.570. The fraction of sp³-hybridized carbons (Fsp3) is 0.0667. The van der Waals surface area contributed by atoms with Crippen molar-refractivity contribution in [2.75, 3.05) is 0 Å². The number of benzene rings is 1. The Morgan fingerprint density at radius 3 is 3.04 bits per heavy atom. The molecule has 1 aromatic carbocycles. The van der Waals surface area contributed by atoms with E-state index in [4.69, 9.17) is 16.1 Å². The highest BCUT2D eigenvalue weighted by molar-refractivity contribution is 7.13. The topological polar surface area (TPSA) is 73.8 Å². The molecule has 114 valence electrons. The average Bonchev–Trinajstić information content (AvgIpc) is 3.22. The minimum Gasteiger partial charge on any atom is -0.333 e. The number of rotatable bonds is 3. The van der Waals surface area contributed by atoms with Gasteiger partial charge >= 0.3 is 0 Å². The first-order chi connectivity index (χ1) is 11.2. The van der Waals surface area contributed by atoms with Crippen LogP contribution in [-0.4, -0.2) is 19.7 Å². The van der Waals surface area contributed by atoms with Crippen LogP contribution in [-0.2, 0) is 6.54 Å². The van der Waals surface area contributed by atoms with Crippen LogP contribution < -0.4 is 5.56 Å². The van der Waals surface area contributed by atoms with E-state index in [9.17, 15) is 4.79 Å². The Kier molecular flexibility index (Phi) is 3.44. The Morgan fingerprint density at radius 2 is 2.22 bits per heavy atom. The number of halogens is 1. The summed E-state index contributed by atoms with van der Waals surface area (Å²) in [5, 5.41) is 6.80. The van der Waals surface area contributed by atoms with E-state index in [0.717, 1.165) is 4.88 Å². The predicted molar refractivity (Wildman–Crippen MR) is 87.7 cm³/mol. The molecule has 3 aromatic heterocycles. The van der Waals surface area contributed by atoms with Crippen molar-refractivity contribution in [1.29, 1.82) is 0 Å². The third-order valence-corrected chi connectivity index (χ3v) is 4.39. The summed E-state index contributed by atoms with van der Waals surface area (Å²) in [5.41, 5.74) is 0.406. The molecule has 0 radical (unpaired) electrons. The normalized spacial score (nSPS) is 11.2. The van der Waals surface area contributed by atoms with Gasteiger partial charge in [0.2, 0.25) is 0 Å². The molecule has 0 N–H and O–H groups in total. The summed E-state index contributed by atoms with van der Waals surface area (Å²) in [6, 6.07) is 8.83. The lowest BCUT2D eigenvalue weighted by atomic mass is 10.2. The third-order valence-electron chi connectivity index (χ3n) is 3.30. The van der Waals surface area contributed by atoms with Gasteiger partial charge in [-0.2, -0.15) is 4.98 Å². The summed E-state index contributed by atoms with van der Waals surface area (Å²) in [6.07, 6.45) is 1.47. The molecule has 0 amide bonds. The molecule has 0 saturated carbocycles. The fourth-order valence-corrected chi connectivity index (χ4v) is 3.03. The highest BCUT2D eigenvalue weighted by Gasteiger charge is 2.12. The number of thiophene rings is 1. The molecule has 0 unspecified atom stereocenters. The molecule has 0 spiro atoms. The van der Waals surface area contributed by atoms with Crippen molar-refractivity contribution >= 4 is 33.8 Å². The summed E-state index contributed by atoms with van der Waals surface area (Å²) in [5.74, 6) is 0.860. The maximum atomic E-state index is 12.5. The predicted octanol–water partition coefficient (Wildman–Crippen LogP) is 3.21. The maximum absolute atomic E-state index is 12.5. The lowest BCUT2D eigenvalue weighted by Gasteiger charge is -2.03. The van der Waals surface area contributed by atoms with Crippen molar-refractivity contribution in [3.05, 3.63) is 63.2 Å². The van der Waals surface area contributed by atoms with Gasteiger partial charge < -0.3 is 4.52 Å². The minimum atomic E-state index is -0.194. The summed E-state index contributed by atoms with van der Waals surface area (Å²) in [7, 11) is 0. The molecule has 0 fully saturated rings. The van der Waals surface area contributed by atoms with E-state index in [0.29, 0.717) is 27.6 Å². The SMILES string of the molecule is O=c1c2cc(Cl)ccc2ncn1Cc1noc(-c2cccs2)n1. The van der Waals surface area contributed by atoms with E-state index < -0.39 is 0 Å². The van der Waals surface area contributed by atoms with Crippen LogP contribution in [0, 0.1) is 0 Å². The van der Waals surface area contributed by atoms with Crippen molar-refractivity contribution < 1.29 is 4.52 Å². The molecule has 0 aliphatic carbocycles. The van der Waals surface area contributed by atoms with Crippen molar-refractivity contribution in [3.8, 4) is 10.8 Å². The second-order valence-corrected chi connectivity index (χ2v) is 6.22. The van der Waals surface area contributed by atoms with Crippen molar-refractivity contribution in [1.82, 2.24) is 19.7 Å². The molecule has 4 rings (SSSR count). The summed E-state index contributed by atoms with van der Waals surface area (Å²) < 4.78 is 6.65.